The highest BCUT2D eigenvalue weighted by atomic mass is 16.5. The van der Waals surface area contributed by atoms with Gasteiger partial charge in [-0.25, -0.2) is 0 Å². The number of aryl methyl sites for hydroxylation is 2. The maximum atomic E-state index is 12.7. The van der Waals surface area contributed by atoms with Crippen LogP contribution >= 0.6 is 0 Å². The van der Waals surface area contributed by atoms with Crippen LogP contribution in [-0.4, -0.2) is 20.1 Å². The summed E-state index contributed by atoms with van der Waals surface area (Å²) in [6, 6.07) is 11.4. The summed E-state index contributed by atoms with van der Waals surface area (Å²) in [4.78, 5) is 12.7. The van der Waals surface area contributed by atoms with Crippen molar-refractivity contribution in [2.45, 2.75) is 26.8 Å². The van der Waals surface area contributed by atoms with Crippen LogP contribution in [0.1, 0.15) is 40.0 Å². The lowest BCUT2D eigenvalue weighted by Crippen LogP contribution is -2.28. The van der Waals surface area contributed by atoms with Crippen molar-refractivity contribution in [3.63, 3.8) is 0 Å². The molecular formula is C19H23NO3. The Hall–Kier alpha value is -2.49. The third-order valence-corrected chi connectivity index (χ3v) is 3.89. The van der Waals surface area contributed by atoms with Crippen molar-refractivity contribution in [1.82, 2.24) is 5.32 Å². The fourth-order valence-corrected chi connectivity index (χ4v) is 2.73. The average molecular weight is 313 g/mol. The summed E-state index contributed by atoms with van der Waals surface area (Å²) in [5.74, 6) is 0.774. The van der Waals surface area contributed by atoms with Crippen molar-refractivity contribution >= 4 is 5.91 Å². The van der Waals surface area contributed by atoms with Crippen LogP contribution in [0.5, 0.6) is 11.5 Å². The Morgan fingerprint density at radius 2 is 1.65 bits per heavy atom. The van der Waals surface area contributed by atoms with Gasteiger partial charge in [-0.05, 0) is 44.0 Å². The van der Waals surface area contributed by atoms with Gasteiger partial charge in [0.15, 0.2) is 0 Å². The zero-order valence-electron chi connectivity index (χ0n) is 14.3. The molecule has 0 bridgehead atoms. The van der Waals surface area contributed by atoms with Crippen LogP contribution in [0.3, 0.4) is 0 Å². The first-order chi connectivity index (χ1) is 11.0. The van der Waals surface area contributed by atoms with Gasteiger partial charge in [-0.2, -0.15) is 0 Å². The Balaban J connectivity index is 2.28. The van der Waals surface area contributed by atoms with Gasteiger partial charge >= 0.3 is 0 Å². The monoisotopic (exact) mass is 313 g/mol. The van der Waals surface area contributed by atoms with E-state index in [4.69, 9.17) is 9.47 Å². The maximum Gasteiger partial charge on any atom is 0.259 e. The summed E-state index contributed by atoms with van der Waals surface area (Å²) < 4.78 is 10.6. The number of hydrogen-bond acceptors (Lipinski definition) is 3. The molecule has 0 aromatic heterocycles. The highest BCUT2D eigenvalue weighted by Crippen LogP contribution is 2.29. The van der Waals surface area contributed by atoms with E-state index in [1.807, 2.05) is 6.92 Å². The van der Waals surface area contributed by atoms with E-state index in [1.165, 1.54) is 5.56 Å². The third-order valence-electron chi connectivity index (χ3n) is 3.89. The highest BCUT2D eigenvalue weighted by Gasteiger charge is 2.20. The zero-order valence-corrected chi connectivity index (χ0v) is 14.3. The molecule has 0 aliphatic rings. The first kappa shape index (κ1) is 16.9. The first-order valence-electron chi connectivity index (χ1n) is 7.57. The SMILES string of the molecule is COc1cccc(OC)c1C(=O)NC(C)c1ccc(C)cc1C. The van der Waals surface area contributed by atoms with Crippen LogP contribution in [0.4, 0.5) is 0 Å². The molecule has 23 heavy (non-hydrogen) atoms. The molecule has 1 unspecified atom stereocenters. The van der Waals surface area contributed by atoms with Gasteiger partial charge in [0, 0.05) is 0 Å². The normalized spacial score (nSPS) is 11.7. The molecule has 1 amide bonds. The molecule has 4 heteroatoms. The molecule has 0 heterocycles. The fraction of sp³-hybridized carbons (Fsp3) is 0.316. The largest absolute Gasteiger partial charge is 0.496 e. The van der Waals surface area contributed by atoms with E-state index in [-0.39, 0.29) is 11.9 Å². The number of hydrogen-bond donors (Lipinski definition) is 1. The van der Waals surface area contributed by atoms with E-state index in [0.717, 1.165) is 11.1 Å². The number of rotatable bonds is 5. The number of nitrogens with one attached hydrogen (secondary N) is 1. The summed E-state index contributed by atoms with van der Waals surface area (Å²) in [6.07, 6.45) is 0. The Morgan fingerprint density at radius 3 is 2.17 bits per heavy atom. The average Bonchev–Trinajstić information content (AvgIpc) is 2.53. The van der Waals surface area contributed by atoms with Gasteiger partial charge in [0.1, 0.15) is 17.1 Å². The van der Waals surface area contributed by atoms with Gasteiger partial charge in [-0.15, -0.1) is 0 Å². The van der Waals surface area contributed by atoms with E-state index in [1.54, 1.807) is 32.4 Å². The molecule has 2 aromatic carbocycles. The molecule has 0 aliphatic heterocycles. The van der Waals surface area contributed by atoms with E-state index < -0.39 is 0 Å². The lowest BCUT2D eigenvalue weighted by molar-refractivity contribution is 0.0933. The minimum absolute atomic E-state index is 0.113. The minimum atomic E-state index is -0.216. The molecule has 122 valence electrons. The smallest absolute Gasteiger partial charge is 0.259 e. The molecule has 0 radical (unpaired) electrons. The second kappa shape index (κ2) is 7.18. The lowest BCUT2D eigenvalue weighted by atomic mass is 10.00. The van der Waals surface area contributed by atoms with Gasteiger partial charge in [0.05, 0.1) is 20.3 Å². The number of benzene rings is 2. The predicted molar refractivity (Wildman–Crippen MR) is 91.3 cm³/mol. The molecule has 2 aromatic rings. The van der Waals surface area contributed by atoms with Crippen molar-refractivity contribution in [3.05, 3.63) is 58.7 Å². The van der Waals surface area contributed by atoms with Crippen LogP contribution in [0.25, 0.3) is 0 Å². The second-order valence-corrected chi connectivity index (χ2v) is 5.59. The number of ether oxygens (including phenoxy) is 2. The Labute approximate surface area is 137 Å². The van der Waals surface area contributed by atoms with Crippen LogP contribution in [-0.2, 0) is 0 Å². The van der Waals surface area contributed by atoms with E-state index >= 15 is 0 Å². The molecule has 1 atom stereocenters. The molecule has 4 nitrogen and oxygen atoms in total. The summed E-state index contributed by atoms with van der Waals surface area (Å²) in [7, 11) is 3.08. The van der Waals surface area contributed by atoms with Gasteiger partial charge in [-0.3, -0.25) is 4.79 Å². The van der Waals surface area contributed by atoms with E-state index in [0.29, 0.717) is 17.1 Å². The Morgan fingerprint density at radius 1 is 1.04 bits per heavy atom. The number of amides is 1. The predicted octanol–water partition coefficient (Wildman–Crippen LogP) is 3.81. The standard InChI is InChI=1S/C19H23NO3/c1-12-9-10-15(13(2)11-12)14(3)20-19(21)18-16(22-4)7-6-8-17(18)23-5/h6-11,14H,1-5H3,(H,20,21). The number of carbonyl (C=O) groups is 1. The van der Waals surface area contributed by atoms with Crippen molar-refractivity contribution in [2.75, 3.05) is 14.2 Å². The number of methoxy groups -OCH3 is 2. The van der Waals surface area contributed by atoms with Gasteiger partial charge in [0.2, 0.25) is 0 Å². The van der Waals surface area contributed by atoms with Crippen LogP contribution in [0.15, 0.2) is 36.4 Å². The fourth-order valence-electron chi connectivity index (χ4n) is 2.73. The molecule has 1 N–H and O–H groups in total. The summed E-state index contributed by atoms with van der Waals surface area (Å²) in [5.41, 5.74) is 3.87. The van der Waals surface area contributed by atoms with Gasteiger partial charge in [-0.1, -0.05) is 29.8 Å². The summed E-state index contributed by atoms with van der Waals surface area (Å²) >= 11 is 0. The molecule has 0 saturated carbocycles. The third kappa shape index (κ3) is 3.65. The van der Waals surface area contributed by atoms with E-state index in [2.05, 4.69) is 37.4 Å². The highest BCUT2D eigenvalue weighted by molar-refractivity contribution is 6.00. The molecule has 0 spiro atoms. The maximum absolute atomic E-state index is 12.7. The summed E-state index contributed by atoms with van der Waals surface area (Å²) in [6.45, 7) is 6.08. The van der Waals surface area contributed by atoms with Crippen molar-refractivity contribution in [1.29, 1.82) is 0 Å². The minimum Gasteiger partial charge on any atom is -0.496 e. The second-order valence-electron chi connectivity index (χ2n) is 5.59. The Kier molecular flexibility index (Phi) is 5.27. The van der Waals surface area contributed by atoms with Crippen LogP contribution in [0.2, 0.25) is 0 Å². The molecule has 0 aliphatic carbocycles. The molecule has 2 rings (SSSR count). The Bertz CT molecular complexity index is 688. The topological polar surface area (TPSA) is 47.6 Å². The van der Waals surface area contributed by atoms with Crippen LogP contribution in [0, 0.1) is 13.8 Å². The van der Waals surface area contributed by atoms with Crippen molar-refractivity contribution in [3.8, 4) is 11.5 Å². The molecule has 0 saturated heterocycles. The van der Waals surface area contributed by atoms with Crippen LogP contribution < -0.4 is 14.8 Å². The zero-order chi connectivity index (χ0) is 17.0. The quantitative estimate of drug-likeness (QED) is 0.913. The number of carbonyl (C=O) groups excluding carboxylic acids is 1. The lowest BCUT2D eigenvalue weighted by Gasteiger charge is -2.19. The molecular weight excluding hydrogens is 290 g/mol. The molecule has 0 fully saturated rings. The van der Waals surface area contributed by atoms with Crippen molar-refractivity contribution in [2.24, 2.45) is 0 Å². The van der Waals surface area contributed by atoms with E-state index in [9.17, 15) is 4.79 Å². The van der Waals surface area contributed by atoms with Crippen molar-refractivity contribution < 1.29 is 14.3 Å². The van der Waals surface area contributed by atoms with Gasteiger partial charge < -0.3 is 14.8 Å². The summed E-state index contributed by atoms with van der Waals surface area (Å²) in [5, 5.41) is 3.02. The van der Waals surface area contributed by atoms with Gasteiger partial charge in [0.25, 0.3) is 5.91 Å². The first-order valence-corrected chi connectivity index (χ1v) is 7.57.